The molecule has 0 fully saturated rings. The standard InChI is InChI=1S/C22H21N3O2S/c1-14-6-5-7-18(15(14)2)24-12-17(11-23)22-25-19(13-28-22)16-8-9-20(26-3)21(10-16)27-4/h5-10,12-13,24H,1-4H3/b17-12-. The number of anilines is 1. The molecule has 3 aromatic rings. The highest BCUT2D eigenvalue weighted by Gasteiger charge is 2.12. The highest BCUT2D eigenvalue weighted by molar-refractivity contribution is 7.11. The van der Waals surface area contributed by atoms with E-state index in [1.54, 1.807) is 20.4 Å². The van der Waals surface area contributed by atoms with E-state index >= 15 is 0 Å². The van der Waals surface area contributed by atoms with Crippen LogP contribution in [0.25, 0.3) is 16.8 Å². The second-order valence-electron chi connectivity index (χ2n) is 6.17. The largest absolute Gasteiger partial charge is 0.493 e. The predicted octanol–water partition coefficient (Wildman–Crippen LogP) is 5.42. The average Bonchev–Trinajstić information content (AvgIpc) is 3.21. The van der Waals surface area contributed by atoms with Crippen molar-refractivity contribution in [3.8, 4) is 28.8 Å². The fourth-order valence-corrected chi connectivity index (χ4v) is 3.52. The molecular weight excluding hydrogens is 370 g/mol. The molecule has 5 nitrogen and oxygen atoms in total. The van der Waals surface area contributed by atoms with Gasteiger partial charge >= 0.3 is 0 Å². The van der Waals surface area contributed by atoms with Gasteiger partial charge in [-0.05, 0) is 49.2 Å². The lowest BCUT2D eigenvalue weighted by molar-refractivity contribution is 0.355. The molecular formula is C22H21N3O2S. The van der Waals surface area contributed by atoms with Gasteiger partial charge in [-0.15, -0.1) is 11.3 Å². The minimum Gasteiger partial charge on any atom is -0.493 e. The number of ether oxygens (including phenoxy) is 2. The van der Waals surface area contributed by atoms with E-state index in [9.17, 15) is 5.26 Å². The van der Waals surface area contributed by atoms with Gasteiger partial charge in [-0.1, -0.05) is 12.1 Å². The molecule has 28 heavy (non-hydrogen) atoms. The van der Waals surface area contributed by atoms with Crippen molar-refractivity contribution < 1.29 is 9.47 Å². The van der Waals surface area contributed by atoms with Crippen molar-refractivity contribution in [1.29, 1.82) is 5.26 Å². The highest BCUT2D eigenvalue weighted by atomic mass is 32.1. The number of nitriles is 1. The smallest absolute Gasteiger partial charge is 0.161 e. The SMILES string of the molecule is COc1ccc(-c2csc(/C(C#N)=C\Nc3cccc(C)c3C)n2)cc1OC. The Morgan fingerprint density at radius 2 is 1.93 bits per heavy atom. The van der Waals surface area contributed by atoms with Crippen molar-refractivity contribution in [2.75, 3.05) is 19.5 Å². The molecule has 0 saturated heterocycles. The summed E-state index contributed by atoms with van der Waals surface area (Å²) in [6.07, 6.45) is 1.71. The first-order valence-electron chi connectivity index (χ1n) is 8.68. The molecule has 3 rings (SSSR count). The van der Waals surface area contributed by atoms with Gasteiger partial charge in [-0.25, -0.2) is 4.98 Å². The van der Waals surface area contributed by atoms with Gasteiger partial charge in [0, 0.05) is 22.8 Å². The minimum absolute atomic E-state index is 0.484. The summed E-state index contributed by atoms with van der Waals surface area (Å²) < 4.78 is 10.6. The average molecular weight is 391 g/mol. The van der Waals surface area contributed by atoms with Crippen LogP contribution in [0.3, 0.4) is 0 Å². The quantitative estimate of drug-likeness (QED) is 0.568. The number of thiazole rings is 1. The summed E-state index contributed by atoms with van der Waals surface area (Å²) in [6.45, 7) is 4.11. The summed E-state index contributed by atoms with van der Waals surface area (Å²) >= 11 is 1.43. The van der Waals surface area contributed by atoms with Crippen LogP contribution in [-0.2, 0) is 0 Å². The zero-order valence-electron chi connectivity index (χ0n) is 16.2. The fraction of sp³-hybridized carbons (Fsp3) is 0.182. The maximum atomic E-state index is 9.58. The Balaban J connectivity index is 1.87. The first-order valence-corrected chi connectivity index (χ1v) is 9.56. The van der Waals surface area contributed by atoms with Crippen LogP contribution in [0, 0.1) is 25.2 Å². The van der Waals surface area contributed by atoms with Crippen LogP contribution in [0.15, 0.2) is 48.0 Å². The van der Waals surface area contributed by atoms with Crippen LogP contribution in [0.1, 0.15) is 16.1 Å². The molecule has 0 bridgehead atoms. The molecule has 1 aromatic heterocycles. The molecule has 0 aliphatic carbocycles. The van der Waals surface area contributed by atoms with Gasteiger partial charge < -0.3 is 14.8 Å². The zero-order valence-corrected chi connectivity index (χ0v) is 17.1. The molecule has 0 saturated carbocycles. The van der Waals surface area contributed by atoms with E-state index in [2.05, 4.69) is 36.3 Å². The van der Waals surface area contributed by atoms with E-state index < -0.39 is 0 Å². The fourth-order valence-electron chi connectivity index (χ4n) is 2.72. The molecule has 0 spiro atoms. The lowest BCUT2D eigenvalue weighted by atomic mass is 10.1. The number of hydrogen-bond acceptors (Lipinski definition) is 6. The second kappa shape index (κ2) is 8.59. The van der Waals surface area contributed by atoms with Crippen LogP contribution in [0.5, 0.6) is 11.5 Å². The van der Waals surface area contributed by atoms with Crippen molar-refractivity contribution >= 4 is 22.6 Å². The van der Waals surface area contributed by atoms with Crippen LogP contribution in [0.4, 0.5) is 5.69 Å². The van der Waals surface area contributed by atoms with E-state index in [1.165, 1.54) is 16.9 Å². The first kappa shape index (κ1) is 19.5. The van der Waals surface area contributed by atoms with E-state index in [-0.39, 0.29) is 0 Å². The van der Waals surface area contributed by atoms with Crippen molar-refractivity contribution in [3.63, 3.8) is 0 Å². The summed E-state index contributed by atoms with van der Waals surface area (Å²) in [6, 6.07) is 13.9. The van der Waals surface area contributed by atoms with Crippen LogP contribution in [0.2, 0.25) is 0 Å². The zero-order chi connectivity index (χ0) is 20.1. The molecule has 1 heterocycles. The molecule has 142 valence electrons. The Kier molecular flexibility index (Phi) is 5.97. The lowest BCUT2D eigenvalue weighted by Crippen LogP contribution is -1.95. The molecule has 1 N–H and O–H groups in total. The molecule has 0 amide bonds. The van der Waals surface area contributed by atoms with Crippen LogP contribution < -0.4 is 14.8 Å². The third-order valence-corrected chi connectivity index (χ3v) is 5.39. The molecule has 0 aliphatic rings. The van der Waals surface area contributed by atoms with Crippen LogP contribution in [-0.4, -0.2) is 19.2 Å². The first-order chi connectivity index (χ1) is 13.6. The van der Waals surface area contributed by atoms with Gasteiger partial charge in [0.05, 0.1) is 19.9 Å². The topological polar surface area (TPSA) is 67.2 Å². The molecule has 0 unspecified atom stereocenters. The molecule has 2 aromatic carbocycles. The monoisotopic (exact) mass is 391 g/mol. The third kappa shape index (κ3) is 4.00. The normalized spacial score (nSPS) is 11.0. The molecule has 6 heteroatoms. The number of aromatic nitrogens is 1. The van der Waals surface area contributed by atoms with E-state index in [0.29, 0.717) is 22.1 Å². The number of allylic oxidation sites excluding steroid dienone is 1. The van der Waals surface area contributed by atoms with Crippen molar-refractivity contribution in [1.82, 2.24) is 4.98 Å². The second-order valence-corrected chi connectivity index (χ2v) is 7.03. The van der Waals surface area contributed by atoms with E-state index in [1.807, 2.05) is 35.7 Å². The summed E-state index contributed by atoms with van der Waals surface area (Å²) in [4.78, 5) is 4.63. The molecule has 0 aliphatic heterocycles. The maximum Gasteiger partial charge on any atom is 0.161 e. The summed E-state index contributed by atoms with van der Waals surface area (Å²) in [5, 5.41) is 15.4. The number of rotatable bonds is 6. The van der Waals surface area contributed by atoms with Crippen molar-refractivity contribution in [2.45, 2.75) is 13.8 Å². The highest BCUT2D eigenvalue weighted by Crippen LogP contribution is 2.33. The predicted molar refractivity (Wildman–Crippen MR) is 114 cm³/mol. The van der Waals surface area contributed by atoms with Crippen molar-refractivity contribution in [3.05, 3.63) is 64.1 Å². The summed E-state index contributed by atoms with van der Waals surface area (Å²) in [7, 11) is 3.20. The Morgan fingerprint density at radius 3 is 2.64 bits per heavy atom. The maximum absolute atomic E-state index is 9.58. The summed E-state index contributed by atoms with van der Waals surface area (Å²) in [5.74, 6) is 1.30. The van der Waals surface area contributed by atoms with Gasteiger partial charge in [0.25, 0.3) is 0 Å². The number of aryl methyl sites for hydroxylation is 1. The van der Waals surface area contributed by atoms with E-state index in [4.69, 9.17) is 9.47 Å². The van der Waals surface area contributed by atoms with Gasteiger partial charge in [0.1, 0.15) is 16.6 Å². The number of hydrogen-bond donors (Lipinski definition) is 1. The minimum atomic E-state index is 0.484. The Morgan fingerprint density at radius 1 is 1.14 bits per heavy atom. The lowest BCUT2D eigenvalue weighted by Gasteiger charge is -2.08. The van der Waals surface area contributed by atoms with Crippen molar-refractivity contribution in [2.24, 2.45) is 0 Å². The number of benzene rings is 2. The number of nitrogens with zero attached hydrogens (tertiary/aromatic N) is 2. The Hall–Kier alpha value is -3.30. The third-order valence-electron chi connectivity index (χ3n) is 4.51. The number of methoxy groups -OCH3 is 2. The molecule has 0 atom stereocenters. The van der Waals surface area contributed by atoms with Gasteiger partial charge in [0.2, 0.25) is 0 Å². The summed E-state index contributed by atoms with van der Waals surface area (Å²) in [5.41, 5.74) is 5.50. The van der Waals surface area contributed by atoms with Crippen LogP contribution >= 0.6 is 11.3 Å². The molecule has 0 radical (unpaired) electrons. The van der Waals surface area contributed by atoms with Gasteiger partial charge in [0.15, 0.2) is 11.5 Å². The van der Waals surface area contributed by atoms with E-state index in [0.717, 1.165) is 22.5 Å². The Bertz CT molecular complexity index is 1060. The Labute approximate surface area is 168 Å². The van der Waals surface area contributed by atoms with Gasteiger partial charge in [-0.2, -0.15) is 5.26 Å². The van der Waals surface area contributed by atoms with Gasteiger partial charge in [-0.3, -0.25) is 0 Å². The number of nitrogens with one attached hydrogen (secondary N) is 1.